The number of hydrogen-bond donors (Lipinski definition) is 6. The number of aliphatic hydroxyl groups excluding tert-OH is 1. The summed E-state index contributed by atoms with van der Waals surface area (Å²) in [6.45, 7) is 15.3. The molecule has 1 heterocycles. The molecule has 0 saturated heterocycles. The van der Waals surface area contributed by atoms with E-state index >= 15 is 4.39 Å². The molecule has 0 aliphatic carbocycles. The Morgan fingerprint density at radius 3 is 2.09 bits per heavy atom. The Hall–Kier alpha value is -4.66. The van der Waals surface area contributed by atoms with Crippen molar-refractivity contribution >= 4 is 23.6 Å². The second kappa shape index (κ2) is 25.5. The highest BCUT2D eigenvalue weighted by Crippen LogP contribution is 2.41. The van der Waals surface area contributed by atoms with Crippen LogP contribution in [0.4, 0.5) is 8.78 Å². The van der Waals surface area contributed by atoms with Crippen LogP contribution in [-0.4, -0.2) is 83.1 Å². The van der Waals surface area contributed by atoms with Crippen molar-refractivity contribution in [2.75, 3.05) is 32.8 Å². The topological polar surface area (TPSA) is 185 Å². The lowest BCUT2D eigenvalue weighted by atomic mass is 9.82. The smallest absolute Gasteiger partial charge is 0.248 e. The molecule has 1 aromatic heterocycles. The van der Waals surface area contributed by atoms with Gasteiger partial charge in [-0.2, -0.15) is 0 Å². The Kier molecular flexibility index (Phi) is 22.5. The fourth-order valence-electron chi connectivity index (χ4n) is 6.14. The number of nitrogens with one attached hydrogen (secondary N) is 3. The van der Waals surface area contributed by atoms with Crippen LogP contribution in [0, 0.1) is 17.0 Å². The average molecular weight is 786 g/mol. The molecular weight excluding hydrogens is 721 g/mol. The van der Waals surface area contributed by atoms with Crippen molar-refractivity contribution in [3.05, 3.63) is 83.7 Å². The molecule has 3 rings (SSSR count). The van der Waals surface area contributed by atoms with Crippen LogP contribution in [-0.2, 0) is 25.7 Å². The lowest BCUT2D eigenvalue weighted by Gasteiger charge is -2.41. The first kappa shape index (κ1) is 49.4. The number of unbranched alkanes of at least 4 members (excludes halogenated alkanes) is 1. The van der Waals surface area contributed by atoms with Crippen molar-refractivity contribution in [3.63, 3.8) is 0 Å². The maximum Gasteiger partial charge on any atom is 0.248 e. The number of nitrogens with two attached hydrogens (primary N) is 2. The molecule has 0 fully saturated rings. The predicted octanol–water partition coefficient (Wildman–Crippen LogP) is 5.03. The van der Waals surface area contributed by atoms with Crippen LogP contribution in [0.25, 0.3) is 11.1 Å². The minimum absolute atomic E-state index is 0.00593. The fraction of sp³-hybridized carbons (Fsp3) is 0.524. The minimum atomic E-state index is -1.04. The van der Waals surface area contributed by atoms with Crippen LogP contribution in [0.3, 0.4) is 0 Å². The number of halogens is 2. The van der Waals surface area contributed by atoms with Crippen LogP contribution in [0.15, 0.2) is 60.8 Å². The summed E-state index contributed by atoms with van der Waals surface area (Å²) >= 11 is 0. The van der Waals surface area contributed by atoms with E-state index in [1.165, 1.54) is 11.8 Å². The maximum atomic E-state index is 15.0. The molecule has 3 aromatic rings. The summed E-state index contributed by atoms with van der Waals surface area (Å²) in [6.07, 6.45) is 3.56. The zero-order chi connectivity index (χ0) is 42.4. The first-order chi connectivity index (χ1) is 26.7. The average Bonchev–Trinajstić information content (AvgIpc) is 3.58. The number of amides is 4. The minimum Gasteiger partial charge on any atom is -0.387 e. The monoisotopic (exact) mass is 786 g/mol. The van der Waals surface area contributed by atoms with E-state index in [0.717, 1.165) is 23.8 Å². The van der Waals surface area contributed by atoms with Gasteiger partial charge in [0.2, 0.25) is 23.6 Å². The molecule has 0 aliphatic heterocycles. The van der Waals surface area contributed by atoms with Gasteiger partial charge in [0.25, 0.3) is 0 Å². The quantitative estimate of drug-likeness (QED) is 0.0922. The number of benzene rings is 2. The second-order valence-corrected chi connectivity index (χ2v) is 13.9. The Morgan fingerprint density at radius 2 is 1.52 bits per heavy atom. The van der Waals surface area contributed by atoms with Crippen molar-refractivity contribution in [3.8, 4) is 11.1 Å². The van der Waals surface area contributed by atoms with Gasteiger partial charge < -0.3 is 42.0 Å². The van der Waals surface area contributed by atoms with Gasteiger partial charge in [0.05, 0.1) is 12.1 Å². The highest BCUT2D eigenvalue weighted by Gasteiger charge is 2.37. The number of aliphatic hydroxyl groups is 1. The first-order valence-electron chi connectivity index (χ1n) is 19.5. The van der Waals surface area contributed by atoms with Crippen LogP contribution in [0.2, 0.25) is 0 Å². The van der Waals surface area contributed by atoms with E-state index in [1.807, 2.05) is 83.4 Å². The first-order valence-corrected chi connectivity index (χ1v) is 19.5. The molecular formula is C42H65F2N7O5. The van der Waals surface area contributed by atoms with Crippen molar-refractivity contribution in [2.24, 2.45) is 16.9 Å². The number of nitrogens with zero attached hydrogens (tertiary/aromatic N) is 2. The molecule has 2 aromatic carbocycles. The van der Waals surface area contributed by atoms with Crippen molar-refractivity contribution in [1.82, 2.24) is 25.4 Å². The van der Waals surface area contributed by atoms with E-state index in [4.69, 9.17) is 11.5 Å². The number of hydrogen-bond acceptors (Lipinski definition) is 7. The Labute approximate surface area is 331 Å². The van der Waals surface area contributed by atoms with Gasteiger partial charge in [0, 0.05) is 56.1 Å². The molecule has 12 nitrogen and oxygen atoms in total. The Bertz CT molecular complexity index is 1650. The zero-order valence-electron chi connectivity index (χ0n) is 34.5. The molecule has 56 heavy (non-hydrogen) atoms. The van der Waals surface area contributed by atoms with Crippen LogP contribution in [0.1, 0.15) is 98.4 Å². The molecule has 8 N–H and O–H groups in total. The highest BCUT2D eigenvalue weighted by atomic mass is 19.1. The molecule has 2 unspecified atom stereocenters. The van der Waals surface area contributed by atoms with Crippen LogP contribution in [0.5, 0.6) is 0 Å². The van der Waals surface area contributed by atoms with Gasteiger partial charge in [-0.05, 0) is 67.5 Å². The van der Waals surface area contributed by atoms with E-state index < -0.39 is 53.6 Å². The molecule has 3 atom stereocenters. The van der Waals surface area contributed by atoms with E-state index in [0.29, 0.717) is 43.6 Å². The third kappa shape index (κ3) is 15.8. The molecule has 0 aliphatic rings. The molecule has 0 radical (unpaired) electrons. The summed E-state index contributed by atoms with van der Waals surface area (Å²) in [5, 5.41) is 18.1. The van der Waals surface area contributed by atoms with Crippen molar-refractivity contribution in [1.29, 1.82) is 0 Å². The Balaban J connectivity index is 0.00000379. The summed E-state index contributed by atoms with van der Waals surface area (Å²) in [6, 6.07) is 12.1. The SMILES string of the molecule is CC.CC.CC(=O)NC(CCCCN)C(=O)NCCNC(=O)[C@@H](N)CCN(C(=O)CO)C(c1cc(-c2cc(F)ccc2F)cn1Cc1ccccc1)C(C)(C)C. The number of carbonyl (C=O) groups is 4. The van der Waals surface area contributed by atoms with Crippen molar-refractivity contribution in [2.45, 2.75) is 106 Å². The van der Waals surface area contributed by atoms with Gasteiger partial charge in [-0.25, -0.2) is 8.78 Å². The summed E-state index contributed by atoms with van der Waals surface area (Å²) in [5.41, 5.74) is 13.2. The van der Waals surface area contributed by atoms with Crippen LogP contribution >= 0.6 is 0 Å². The molecule has 14 heteroatoms. The highest BCUT2D eigenvalue weighted by molar-refractivity contribution is 5.87. The van der Waals surface area contributed by atoms with E-state index in [-0.39, 0.29) is 43.4 Å². The van der Waals surface area contributed by atoms with Gasteiger partial charge in [-0.1, -0.05) is 78.8 Å². The normalized spacial score (nSPS) is 12.4. The summed E-state index contributed by atoms with van der Waals surface area (Å²) in [5.74, 6) is -3.01. The molecule has 0 saturated carbocycles. The third-order valence-corrected chi connectivity index (χ3v) is 8.61. The third-order valence-electron chi connectivity index (χ3n) is 8.61. The van der Waals surface area contributed by atoms with Gasteiger partial charge >= 0.3 is 0 Å². The molecule has 312 valence electrons. The Morgan fingerprint density at radius 1 is 0.893 bits per heavy atom. The summed E-state index contributed by atoms with van der Waals surface area (Å²) in [7, 11) is 0. The largest absolute Gasteiger partial charge is 0.387 e. The van der Waals surface area contributed by atoms with E-state index in [2.05, 4.69) is 16.0 Å². The lowest BCUT2D eigenvalue weighted by Crippen LogP contribution is -2.49. The van der Waals surface area contributed by atoms with E-state index in [1.54, 1.807) is 12.3 Å². The molecule has 0 spiro atoms. The number of aromatic nitrogens is 1. The van der Waals surface area contributed by atoms with Gasteiger partial charge in [-0.15, -0.1) is 0 Å². The molecule has 4 amide bonds. The lowest BCUT2D eigenvalue weighted by molar-refractivity contribution is -0.140. The van der Waals surface area contributed by atoms with Gasteiger partial charge in [-0.3, -0.25) is 19.2 Å². The number of rotatable bonds is 19. The maximum absolute atomic E-state index is 15.0. The standard InChI is InChI=1S/C38H53F2N7O5.2C2H6/c1-25(49)45-32(12-8-9-16-41)37(52)44-18-17-43-36(51)31(42)15-19-47(34(50)24-48)35(38(2,3)4)33-20-27(29-21-28(39)13-14-30(29)40)23-46(33)22-26-10-6-5-7-11-26;2*1-2/h5-7,10-11,13-14,20-21,23,31-32,35,48H,8-9,12,15-19,22,24,41-42H2,1-4H3,(H,43,51)(H,44,52)(H,45,49);2*1-2H3/t31-,32?,35?;;/m0../s1. The predicted molar refractivity (Wildman–Crippen MR) is 218 cm³/mol. The van der Waals surface area contributed by atoms with E-state index in [9.17, 15) is 28.7 Å². The zero-order valence-corrected chi connectivity index (χ0v) is 34.5. The van der Waals surface area contributed by atoms with Crippen LogP contribution < -0.4 is 27.4 Å². The molecule has 0 bridgehead atoms. The second-order valence-electron chi connectivity index (χ2n) is 13.9. The summed E-state index contributed by atoms with van der Waals surface area (Å²) in [4.78, 5) is 52.1. The fourth-order valence-corrected chi connectivity index (χ4v) is 6.14. The van der Waals surface area contributed by atoms with Gasteiger partial charge in [0.15, 0.2) is 0 Å². The van der Waals surface area contributed by atoms with Gasteiger partial charge in [0.1, 0.15) is 24.3 Å². The number of carbonyl (C=O) groups excluding carboxylic acids is 4. The summed E-state index contributed by atoms with van der Waals surface area (Å²) < 4.78 is 31.2. The van der Waals surface area contributed by atoms with Crippen molar-refractivity contribution < 1.29 is 33.1 Å².